The number of likely N-dealkylation sites (tertiary alicyclic amines) is 1. The van der Waals surface area contributed by atoms with Crippen LogP contribution in [0.4, 0.5) is 16.3 Å². The molecule has 0 radical (unpaired) electrons. The number of nitro groups is 1. The first-order valence-corrected chi connectivity index (χ1v) is 8.07. The number of amides is 1. The summed E-state index contributed by atoms with van der Waals surface area (Å²) in [5.41, 5.74) is 0.286. The van der Waals surface area contributed by atoms with Crippen LogP contribution in [0, 0.1) is 16.0 Å². The van der Waals surface area contributed by atoms with E-state index in [1.165, 1.54) is 12.3 Å². The van der Waals surface area contributed by atoms with Gasteiger partial charge in [0.25, 0.3) is 0 Å². The molecule has 132 valence electrons. The van der Waals surface area contributed by atoms with Gasteiger partial charge in [0.1, 0.15) is 5.60 Å². The Morgan fingerprint density at radius 1 is 1.42 bits per heavy atom. The summed E-state index contributed by atoms with van der Waals surface area (Å²) in [5, 5.41) is 13.8. The molecule has 0 unspecified atom stereocenters. The molecular formula is C16H24N4O4. The van der Waals surface area contributed by atoms with Crippen LogP contribution >= 0.6 is 0 Å². The molecule has 1 saturated heterocycles. The molecule has 1 aromatic heterocycles. The number of hydrogen-bond acceptors (Lipinski definition) is 6. The maximum absolute atomic E-state index is 12.0. The Labute approximate surface area is 141 Å². The minimum absolute atomic E-state index is 0.161. The van der Waals surface area contributed by atoms with E-state index >= 15 is 0 Å². The molecule has 0 aliphatic carbocycles. The summed E-state index contributed by atoms with van der Waals surface area (Å²) >= 11 is 0. The van der Waals surface area contributed by atoms with E-state index in [1.54, 1.807) is 11.0 Å². The van der Waals surface area contributed by atoms with Gasteiger partial charge >= 0.3 is 11.9 Å². The fourth-order valence-corrected chi connectivity index (χ4v) is 2.51. The zero-order valence-electron chi connectivity index (χ0n) is 14.3. The van der Waals surface area contributed by atoms with Gasteiger partial charge in [-0.25, -0.2) is 4.79 Å². The van der Waals surface area contributed by atoms with Crippen LogP contribution in [0.5, 0.6) is 0 Å². The highest BCUT2D eigenvalue weighted by molar-refractivity contribution is 5.68. The van der Waals surface area contributed by atoms with Crippen LogP contribution in [-0.2, 0) is 4.74 Å². The number of hydrogen-bond donors (Lipinski definition) is 1. The van der Waals surface area contributed by atoms with Crippen LogP contribution in [0.15, 0.2) is 18.3 Å². The van der Waals surface area contributed by atoms with Crippen molar-refractivity contribution in [3.63, 3.8) is 0 Å². The average Bonchev–Trinajstić information content (AvgIpc) is 2.52. The molecule has 1 aliphatic rings. The summed E-state index contributed by atoms with van der Waals surface area (Å²) in [4.78, 5) is 27.6. The summed E-state index contributed by atoms with van der Waals surface area (Å²) in [6.07, 6.45) is 3.00. The van der Waals surface area contributed by atoms with Crippen LogP contribution in [0.2, 0.25) is 0 Å². The Hall–Kier alpha value is -2.38. The third kappa shape index (κ3) is 5.36. The van der Waals surface area contributed by atoms with Crippen molar-refractivity contribution in [2.45, 2.75) is 39.2 Å². The molecule has 8 heteroatoms. The first kappa shape index (κ1) is 18.0. The standard InChI is InChI=1S/C16H24N4O4/c1-16(2,3)24-15(21)19-8-6-12(7-9-19)10-17-13-4-5-14(18-11-13)20(22)23/h4-5,11-12,17H,6-10H2,1-3H3. The quantitative estimate of drug-likeness (QED) is 0.670. The Bertz CT molecular complexity index is 575. The normalized spacial score (nSPS) is 15.9. The zero-order chi connectivity index (χ0) is 17.7. The van der Waals surface area contributed by atoms with Crippen LogP contribution < -0.4 is 5.32 Å². The highest BCUT2D eigenvalue weighted by Gasteiger charge is 2.26. The van der Waals surface area contributed by atoms with Crippen molar-refractivity contribution in [3.05, 3.63) is 28.4 Å². The van der Waals surface area contributed by atoms with Gasteiger partial charge in [-0.2, -0.15) is 0 Å². The van der Waals surface area contributed by atoms with E-state index in [9.17, 15) is 14.9 Å². The molecule has 1 fully saturated rings. The molecule has 0 bridgehead atoms. The van der Waals surface area contributed by atoms with Gasteiger partial charge in [-0.05, 0) is 55.5 Å². The van der Waals surface area contributed by atoms with Crippen molar-refractivity contribution in [1.82, 2.24) is 9.88 Å². The molecule has 2 heterocycles. The maximum atomic E-state index is 12.0. The summed E-state index contributed by atoms with van der Waals surface area (Å²) in [6, 6.07) is 3.04. The zero-order valence-corrected chi connectivity index (χ0v) is 14.3. The molecule has 1 N–H and O–H groups in total. The van der Waals surface area contributed by atoms with E-state index in [-0.39, 0.29) is 11.9 Å². The van der Waals surface area contributed by atoms with Crippen molar-refractivity contribution in [2.24, 2.45) is 5.92 Å². The number of piperidine rings is 1. The number of rotatable bonds is 4. The third-order valence-corrected chi connectivity index (χ3v) is 3.80. The monoisotopic (exact) mass is 336 g/mol. The second-order valence-electron chi connectivity index (χ2n) is 6.95. The smallest absolute Gasteiger partial charge is 0.410 e. The Kier molecular flexibility index (Phi) is 5.58. The number of aromatic nitrogens is 1. The minimum atomic E-state index is -0.518. The van der Waals surface area contributed by atoms with Crippen molar-refractivity contribution in [2.75, 3.05) is 25.0 Å². The number of anilines is 1. The van der Waals surface area contributed by atoms with Gasteiger partial charge in [-0.15, -0.1) is 0 Å². The largest absolute Gasteiger partial charge is 0.444 e. The number of ether oxygens (including phenoxy) is 1. The third-order valence-electron chi connectivity index (χ3n) is 3.80. The molecule has 0 saturated carbocycles. The van der Waals surface area contributed by atoms with Crippen molar-refractivity contribution in [3.8, 4) is 0 Å². The number of nitrogens with zero attached hydrogens (tertiary/aromatic N) is 3. The van der Waals surface area contributed by atoms with Crippen LogP contribution in [0.1, 0.15) is 33.6 Å². The molecule has 8 nitrogen and oxygen atoms in total. The molecule has 0 atom stereocenters. The highest BCUT2D eigenvalue weighted by Crippen LogP contribution is 2.20. The van der Waals surface area contributed by atoms with Gasteiger partial charge in [0, 0.05) is 25.7 Å². The van der Waals surface area contributed by atoms with Crippen LogP contribution in [0.3, 0.4) is 0 Å². The molecular weight excluding hydrogens is 312 g/mol. The SMILES string of the molecule is CC(C)(C)OC(=O)N1CCC(CNc2ccc([N+](=O)[O-])nc2)CC1. The van der Waals surface area contributed by atoms with Gasteiger partial charge in [0.05, 0.1) is 5.69 Å². The van der Waals surface area contributed by atoms with Crippen molar-refractivity contribution < 1.29 is 14.5 Å². The maximum Gasteiger partial charge on any atom is 0.410 e. The second-order valence-corrected chi connectivity index (χ2v) is 6.95. The van der Waals surface area contributed by atoms with E-state index in [1.807, 2.05) is 20.8 Å². The number of carbonyl (C=O) groups excluding carboxylic acids is 1. The lowest BCUT2D eigenvalue weighted by atomic mass is 9.97. The van der Waals surface area contributed by atoms with E-state index in [0.717, 1.165) is 25.1 Å². The predicted molar refractivity (Wildman–Crippen MR) is 89.9 cm³/mol. The van der Waals surface area contributed by atoms with Crippen LogP contribution in [-0.4, -0.2) is 46.1 Å². The van der Waals surface area contributed by atoms with Gasteiger partial charge in [-0.1, -0.05) is 0 Å². The molecule has 1 aliphatic heterocycles. The number of pyridine rings is 1. The van der Waals surface area contributed by atoms with Gasteiger partial charge in [0.2, 0.25) is 0 Å². The first-order chi connectivity index (χ1) is 11.2. The average molecular weight is 336 g/mol. The second kappa shape index (κ2) is 7.46. The topological polar surface area (TPSA) is 97.6 Å². The van der Waals surface area contributed by atoms with Gasteiger partial charge < -0.3 is 25.1 Å². The molecule has 0 aromatic carbocycles. The van der Waals surface area contributed by atoms with Gasteiger partial charge in [-0.3, -0.25) is 0 Å². The lowest BCUT2D eigenvalue weighted by Gasteiger charge is -2.33. The summed E-state index contributed by atoms with van der Waals surface area (Å²) in [6.45, 7) is 7.70. The van der Waals surface area contributed by atoms with E-state index in [2.05, 4.69) is 10.3 Å². The van der Waals surface area contributed by atoms with Crippen LogP contribution in [0.25, 0.3) is 0 Å². The summed E-state index contributed by atoms with van der Waals surface area (Å²) in [7, 11) is 0. The molecule has 2 rings (SSSR count). The first-order valence-electron chi connectivity index (χ1n) is 8.07. The molecule has 24 heavy (non-hydrogen) atoms. The molecule has 0 spiro atoms. The van der Waals surface area contributed by atoms with E-state index in [0.29, 0.717) is 19.0 Å². The Morgan fingerprint density at radius 3 is 2.58 bits per heavy atom. The lowest BCUT2D eigenvalue weighted by molar-refractivity contribution is -0.389. The van der Waals surface area contributed by atoms with E-state index < -0.39 is 10.5 Å². The summed E-state index contributed by atoms with van der Waals surface area (Å²) in [5.74, 6) is 0.282. The van der Waals surface area contributed by atoms with Crippen molar-refractivity contribution >= 4 is 17.6 Å². The van der Waals surface area contributed by atoms with Crippen molar-refractivity contribution in [1.29, 1.82) is 0 Å². The number of nitrogens with one attached hydrogen (secondary N) is 1. The molecule has 1 amide bonds. The Balaban J connectivity index is 1.75. The minimum Gasteiger partial charge on any atom is -0.444 e. The molecule has 1 aromatic rings. The highest BCUT2D eigenvalue weighted by atomic mass is 16.6. The predicted octanol–water partition coefficient (Wildman–Crippen LogP) is 3.05. The fourth-order valence-electron chi connectivity index (χ4n) is 2.51. The Morgan fingerprint density at radius 2 is 2.08 bits per heavy atom. The van der Waals surface area contributed by atoms with Gasteiger partial charge in [0.15, 0.2) is 6.20 Å². The number of carbonyl (C=O) groups is 1. The summed E-state index contributed by atoms with van der Waals surface area (Å²) < 4.78 is 5.38. The fraction of sp³-hybridized carbons (Fsp3) is 0.625. The lowest BCUT2D eigenvalue weighted by Crippen LogP contribution is -2.42. The van der Waals surface area contributed by atoms with E-state index in [4.69, 9.17) is 4.74 Å².